The molecule has 0 atom stereocenters. The van der Waals surface area contributed by atoms with Crippen molar-refractivity contribution in [3.8, 4) is 5.88 Å². The minimum absolute atomic E-state index is 0.0518. The molecule has 1 aromatic heterocycles. The summed E-state index contributed by atoms with van der Waals surface area (Å²) in [5.41, 5.74) is 4.02. The minimum Gasteiger partial charge on any atom is -0.480 e. The summed E-state index contributed by atoms with van der Waals surface area (Å²) < 4.78 is 30.2. The first-order valence-corrected chi connectivity index (χ1v) is 4.87. The fourth-order valence-corrected chi connectivity index (χ4v) is 1.64. The lowest BCUT2D eigenvalue weighted by atomic mass is 10.2. The van der Waals surface area contributed by atoms with Crippen molar-refractivity contribution in [2.24, 2.45) is 5.73 Å². The van der Waals surface area contributed by atoms with E-state index < -0.39 is 18.0 Å². The van der Waals surface area contributed by atoms with E-state index in [0.29, 0.717) is 3.57 Å². The van der Waals surface area contributed by atoms with Crippen LogP contribution in [0.15, 0.2) is 6.07 Å². The second-order valence-corrected chi connectivity index (χ2v) is 3.74. The number of halogens is 3. The van der Waals surface area contributed by atoms with Gasteiger partial charge in [-0.1, -0.05) is 0 Å². The molecular weight excluding hydrogens is 321 g/mol. The van der Waals surface area contributed by atoms with Gasteiger partial charge in [0, 0.05) is 0 Å². The molecule has 0 bridgehead atoms. The van der Waals surface area contributed by atoms with Gasteiger partial charge in [-0.3, -0.25) is 4.79 Å². The molecule has 0 radical (unpaired) electrons. The molecule has 4 nitrogen and oxygen atoms in total. The van der Waals surface area contributed by atoms with Gasteiger partial charge in [0.2, 0.25) is 5.88 Å². The lowest BCUT2D eigenvalue weighted by molar-refractivity contribution is 0.0982. The van der Waals surface area contributed by atoms with Crippen molar-refractivity contribution in [1.29, 1.82) is 0 Å². The van der Waals surface area contributed by atoms with Gasteiger partial charge in [0.15, 0.2) is 0 Å². The average Bonchev–Trinajstić information content (AvgIpc) is 2.16. The Morgan fingerprint density at radius 1 is 1.67 bits per heavy atom. The average molecular weight is 328 g/mol. The van der Waals surface area contributed by atoms with Gasteiger partial charge < -0.3 is 10.5 Å². The molecule has 0 fully saturated rings. The zero-order valence-electron chi connectivity index (χ0n) is 7.63. The molecule has 15 heavy (non-hydrogen) atoms. The van der Waals surface area contributed by atoms with E-state index >= 15 is 0 Å². The number of primary amides is 1. The molecule has 0 aliphatic heterocycles. The molecule has 7 heteroatoms. The maximum Gasteiger partial charge on any atom is 0.281 e. The summed E-state index contributed by atoms with van der Waals surface area (Å²) in [6.07, 6.45) is -2.86. The first-order valence-electron chi connectivity index (χ1n) is 3.79. The molecule has 0 saturated heterocycles. The Morgan fingerprint density at radius 3 is 2.67 bits per heavy atom. The fraction of sp³-hybridized carbons (Fsp3) is 0.250. The maximum atomic E-state index is 12.5. The lowest BCUT2D eigenvalue weighted by Crippen LogP contribution is -2.16. The third kappa shape index (κ3) is 2.52. The van der Waals surface area contributed by atoms with Crippen LogP contribution in [0.1, 0.15) is 22.5 Å². The third-order valence-corrected chi connectivity index (χ3v) is 2.41. The number of alkyl halides is 2. The topological polar surface area (TPSA) is 65.2 Å². The van der Waals surface area contributed by atoms with Gasteiger partial charge >= 0.3 is 0 Å². The summed E-state index contributed by atoms with van der Waals surface area (Å²) in [7, 11) is 1.31. The molecule has 0 aliphatic carbocycles. The summed E-state index contributed by atoms with van der Waals surface area (Å²) in [5, 5.41) is 0. The highest BCUT2D eigenvalue weighted by Gasteiger charge is 2.21. The largest absolute Gasteiger partial charge is 0.480 e. The predicted octanol–water partition coefficient (Wildman–Crippen LogP) is 1.73. The number of carbonyl (C=O) groups is 1. The van der Waals surface area contributed by atoms with Crippen molar-refractivity contribution in [1.82, 2.24) is 4.98 Å². The second kappa shape index (κ2) is 4.69. The molecule has 2 N–H and O–H groups in total. The van der Waals surface area contributed by atoms with Crippen LogP contribution in [0.5, 0.6) is 5.88 Å². The van der Waals surface area contributed by atoms with Gasteiger partial charge in [-0.05, 0) is 28.7 Å². The SMILES string of the molecule is COc1nc(C(F)F)c(C(N)=O)cc1I. The van der Waals surface area contributed by atoms with E-state index in [0.717, 1.165) is 0 Å². The molecule has 1 rings (SSSR count). The van der Waals surface area contributed by atoms with E-state index in [9.17, 15) is 13.6 Å². The van der Waals surface area contributed by atoms with Gasteiger partial charge in [0.05, 0.1) is 16.2 Å². The number of rotatable bonds is 3. The number of nitrogens with two attached hydrogens (primary N) is 1. The van der Waals surface area contributed by atoms with Crippen LogP contribution in [0.2, 0.25) is 0 Å². The van der Waals surface area contributed by atoms with Crippen LogP contribution in [-0.2, 0) is 0 Å². The van der Waals surface area contributed by atoms with Crippen molar-refractivity contribution < 1.29 is 18.3 Å². The maximum absolute atomic E-state index is 12.5. The standard InChI is InChI=1S/C8H7F2IN2O2/c1-15-8-4(11)2-3(7(12)14)5(13-8)6(9)10/h2,6H,1H3,(H2,12,14). The molecule has 1 heterocycles. The van der Waals surface area contributed by atoms with Crippen LogP contribution >= 0.6 is 22.6 Å². The lowest BCUT2D eigenvalue weighted by Gasteiger charge is -2.08. The van der Waals surface area contributed by atoms with Crippen molar-refractivity contribution >= 4 is 28.5 Å². The Kier molecular flexibility index (Phi) is 3.77. The Hall–Kier alpha value is -0.990. The minimum atomic E-state index is -2.86. The highest BCUT2D eigenvalue weighted by Crippen LogP contribution is 2.27. The van der Waals surface area contributed by atoms with Gasteiger partial charge in [-0.2, -0.15) is 0 Å². The second-order valence-electron chi connectivity index (χ2n) is 2.58. The monoisotopic (exact) mass is 328 g/mol. The molecular formula is C8H7F2IN2O2. The van der Waals surface area contributed by atoms with Crippen LogP contribution in [0, 0.1) is 3.57 Å². The molecule has 1 amide bonds. The van der Waals surface area contributed by atoms with E-state index in [2.05, 4.69) is 4.98 Å². The molecule has 0 aliphatic rings. The number of methoxy groups -OCH3 is 1. The first-order chi connectivity index (χ1) is 6.97. The van der Waals surface area contributed by atoms with Gasteiger partial charge in [0.1, 0.15) is 5.69 Å². The van der Waals surface area contributed by atoms with E-state index in [1.54, 1.807) is 0 Å². The molecule has 1 aromatic rings. The van der Waals surface area contributed by atoms with Crippen molar-refractivity contribution in [3.05, 3.63) is 20.9 Å². The molecule has 0 unspecified atom stereocenters. The van der Waals surface area contributed by atoms with E-state index in [1.807, 2.05) is 22.6 Å². The van der Waals surface area contributed by atoms with Crippen LogP contribution < -0.4 is 10.5 Å². The van der Waals surface area contributed by atoms with E-state index in [-0.39, 0.29) is 11.4 Å². The Labute approximate surface area is 98.0 Å². The zero-order valence-corrected chi connectivity index (χ0v) is 9.79. The first kappa shape index (κ1) is 12.1. The smallest absolute Gasteiger partial charge is 0.281 e. The van der Waals surface area contributed by atoms with Crippen LogP contribution in [0.4, 0.5) is 8.78 Å². The summed E-state index contributed by atoms with van der Waals surface area (Å²) in [6.45, 7) is 0. The number of hydrogen-bond acceptors (Lipinski definition) is 3. The molecule has 0 spiro atoms. The highest BCUT2D eigenvalue weighted by atomic mass is 127. The molecule has 0 saturated carbocycles. The van der Waals surface area contributed by atoms with Crippen molar-refractivity contribution in [2.75, 3.05) is 7.11 Å². The van der Waals surface area contributed by atoms with Crippen molar-refractivity contribution in [3.63, 3.8) is 0 Å². The number of pyridine rings is 1. The summed E-state index contributed by atoms with van der Waals surface area (Å²) >= 11 is 1.82. The zero-order chi connectivity index (χ0) is 11.6. The normalized spacial score (nSPS) is 10.5. The number of amides is 1. The van der Waals surface area contributed by atoms with Crippen LogP contribution in [0.25, 0.3) is 0 Å². The number of ether oxygens (including phenoxy) is 1. The highest BCUT2D eigenvalue weighted by molar-refractivity contribution is 14.1. The number of nitrogens with zero attached hydrogens (tertiary/aromatic N) is 1. The summed E-state index contributed by atoms with van der Waals surface area (Å²) in [5.74, 6) is -0.880. The van der Waals surface area contributed by atoms with Crippen LogP contribution in [-0.4, -0.2) is 18.0 Å². The van der Waals surface area contributed by atoms with Gasteiger partial charge in [0.25, 0.3) is 12.3 Å². The Bertz CT molecular complexity index is 398. The van der Waals surface area contributed by atoms with Crippen molar-refractivity contribution in [2.45, 2.75) is 6.43 Å². The molecule has 82 valence electrons. The van der Waals surface area contributed by atoms with E-state index in [4.69, 9.17) is 10.5 Å². The Balaban J connectivity index is 3.38. The quantitative estimate of drug-likeness (QED) is 0.860. The number of hydrogen-bond donors (Lipinski definition) is 1. The number of aromatic nitrogens is 1. The third-order valence-electron chi connectivity index (χ3n) is 1.64. The number of carbonyl (C=O) groups excluding carboxylic acids is 1. The van der Waals surface area contributed by atoms with Crippen LogP contribution in [0.3, 0.4) is 0 Å². The predicted molar refractivity (Wildman–Crippen MR) is 57.0 cm³/mol. The van der Waals surface area contributed by atoms with E-state index in [1.165, 1.54) is 13.2 Å². The summed E-state index contributed by atoms with van der Waals surface area (Å²) in [4.78, 5) is 14.4. The molecule has 0 aromatic carbocycles. The fourth-order valence-electron chi connectivity index (χ4n) is 0.992. The summed E-state index contributed by atoms with van der Waals surface area (Å²) in [6, 6.07) is 1.23. The van der Waals surface area contributed by atoms with Gasteiger partial charge in [-0.15, -0.1) is 0 Å². The van der Waals surface area contributed by atoms with Gasteiger partial charge in [-0.25, -0.2) is 13.8 Å². The Morgan fingerprint density at radius 2 is 2.27 bits per heavy atom.